The standard InChI is InChI=1S/C22H12BrCl5FN3O2/c23-15-7-13(8-30-19(15)29)32-20(33)14-6-12(1-2-16(14)26)31-21(34)18-17(22(18,27)28)9-3-10(24)5-11(25)4-9/h1-8,17-18H,(H,31,34)(H,32,33). The molecule has 1 saturated carbocycles. The molecule has 3 aromatic rings. The van der Waals surface area contributed by atoms with Gasteiger partial charge in [-0.05, 0) is 64.0 Å². The van der Waals surface area contributed by atoms with Crippen LogP contribution in [0.2, 0.25) is 15.1 Å². The molecule has 0 radical (unpaired) electrons. The molecule has 1 heterocycles. The maximum Gasteiger partial charge on any atom is 0.257 e. The van der Waals surface area contributed by atoms with Gasteiger partial charge in [-0.25, -0.2) is 4.98 Å². The second kappa shape index (κ2) is 9.80. The number of anilines is 2. The fraction of sp³-hybridized carbons (Fsp3) is 0.136. The van der Waals surface area contributed by atoms with Crippen LogP contribution in [-0.2, 0) is 4.79 Å². The molecular formula is C22H12BrCl5FN3O2. The number of carbonyl (C=O) groups is 2. The van der Waals surface area contributed by atoms with Gasteiger partial charge in [0, 0.05) is 21.7 Å². The predicted molar refractivity (Wildman–Crippen MR) is 137 cm³/mol. The fourth-order valence-electron chi connectivity index (χ4n) is 3.51. The van der Waals surface area contributed by atoms with Crippen molar-refractivity contribution in [2.24, 2.45) is 5.92 Å². The molecule has 176 valence electrons. The topological polar surface area (TPSA) is 71.1 Å². The third-order valence-electron chi connectivity index (χ3n) is 5.11. The van der Waals surface area contributed by atoms with Crippen molar-refractivity contribution in [1.29, 1.82) is 0 Å². The maximum atomic E-state index is 13.3. The van der Waals surface area contributed by atoms with Crippen LogP contribution in [0.5, 0.6) is 0 Å². The zero-order valence-corrected chi connectivity index (χ0v) is 22.0. The normalized spacial score (nSPS) is 18.3. The zero-order valence-electron chi connectivity index (χ0n) is 16.7. The number of hydrogen-bond acceptors (Lipinski definition) is 3. The first-order valence-corrected chi connectivity index (χ1v) is 12.2. The number of aromatic nitrogens is 1. The summed E-state index contributed by atoms with van der Waals surface area (Å²) in [4.78, 5) is 29.2. The molecule has 2 amide bonds. The van der Waals surface area contributed by atoms with Crippen LogP contribution in [0.1, 0.15) is 21.8 Å². The Kier molecular flexibility index (Phi) is 7.34. The molecule has 1 aliphatic rings. The minimum atomic E-state index is -1.35. The highest BCUT2D eigenvalue weighted by molar-refractivity contribution is 9.10. The van der Waals surface area contributed by atoms with Crippen molar-refractivity contribution in [2.75, 3.05) is 10.6 Å². The van der Waals surface area contributed by atoms with Crippen LogP contribution in [0.25, 0.3) is 0 Å². The second-order valence-electron chi connectivity index (χ2n) is 7.47. The van der Waals surface area contributed by atoms with Gasteiger partial charge in [-0.3, -0.25) is 9.59 Å². The number of nitrogens with one attached hydrogen (secondary N) is 2. The Morgan fingerprint density at radius 1 is 0.971 bits per heavy atom. The van der Waals surface area contributed by atoms with E-state index in [0.717, 1.165) is 6.20 Å². The molecule has 0 saturated heterocycles. The molecule has 0 aliphatic heterocycles. The third kappa shape index (κ3) is 5.30. The molecule has 1 aliphatic carbocycles. The Labute approximate surface area is 227 Å². The van der Waals surface area contributed by atoms with Gasteiger partial charge >= 0.3 is 0 Å². The smallest absolute Gasteiger partial charge is 0.257 e. The summed E-state index contributed by atoms with van der Waals surface area (Å²) in [6, 6.07) is 10.6. The Bertz CT molecular complexity index is 1300. The van der Waals surface area contributed by atoms with Crippen LogP contribution in [0.3, 0.4) is 0 Å². The Balaban J connectivity index is 1.51. The molecule has 5 nitrogen and oxygen atoms in total. The lowest BCUT2D eigenvalue weighted by Gasteiger charge is -2.10. The average Bonchev–Trinajstić information content (AvgIpc) is 3.33. The molecule has 1 aromatic heterocycles. The maximum absolute atomic E-state index is 13.3. The first kappa shape index (κ1) is 25.5. The minimum absolute atomic E-state index is 0.0805. The van der Waals surface area contributed by atoms with Gasteiger partial charge < -0.3 is 10.6 Å². The highest BCUT2D eigenvalue weighted by atomic mass is 79.9. The fourth-order valence-corrected chi connectivity index (χ4v) is 5.43. The summed E-state index contributed by atoms with van der Waals surface area (Å²) >= 11 is 34.1. The molecule has 0 spiro atoms. The van der Waals surface area contributed by atoms with Gasteiger partial charge in [0.15, 0.2) is 0 Å². The van der Waals surface area contributed by atoms with E-state index in [-0.39, 0.29) is 20.7 Å². The molecule has 2 N–H and O–H groups in total. The molecule has 2 atom stereocenters. The van der Waals surface area contributed by atoms with E-state index in [1.807, 2.05) is 0 Å². The summed E-state index contributed by atoms with van der Waals surface area (Å²) < 4.78 is 12.1. The largest absolute Gasteiger partial charge is 0.326 e. The number of pyridine rings is 1. The van der Waals surface area contributed by atoms with Gasteiger partial charge in [0.1, 0.15) is 4.33 Å². The van der Waals surface area contributed by atoms with Crippen LogP contribution >= 0.6 is 73.9 Å². The van der Waals surface area contributed by atoms with Gasteiger partial charge in [-0.1, -0.05) is 34.8 Å². The summed E-state index contributed by atoms with van der Waals surface area (Å²) in [7, 11) is 0. The third-order valence-corrected chi connectivity index (χ3v) is 7.38. The molecule has 2 aromatic carbocycles. The predicted octanol–water partition coefficient (Wildman–Crippen LogP) is 7.72. The van der Waals surface area contributed by atoms with Crippen LogP contribution in [-0.4, -0.2) is 21.1 Å². The molecule has 12 heteroatoms. The monoisotopic (exact) mass is 623 g/mol. The first-order chi connectivity index (χ1) is 16.0. The van der Waals surface area contributed by atoms with Crippen LogP contribution < -0.4 is 10.6 Å². The summed E-state index contributed by atoms with van der Waals surface area (Å²) in [5.41, 5.74) is 1.27. The Hall–Kier alpha value is -1.61. The Morgan fingerprint density at radius 3 is 2.29 bits per heavy atom. The molecule has 0 bridgehead atoms. The first-order valence-electron chi connectivity index (χ1n) is 9.54. The lowest BCUT2D eigenvalue weighted by molar-refractivity contribution is -0.117. The van der Waals surface area contributed by atoms with Gasteiger partial charge in [-0.2, -0.15) is 4.39 Å². The van der Waals surface area contributed by atoms with Crippen molar-refractivity contribution < 1.29 is 14.0 Å². The van der Waals surface area contributed by atoms with E-state index < -0.39 is 33.9 Å². The molecule has 4 rings (SSSR count). The van der Waals surface area contributed by atoms with E-state index in [4.69, 9.17) is 58.0 Å². The number of alkyl halides is 2. The Morgan fingerprint density at radius 2 is 1.65 bits per heavy atom. The number of nitrogens with zero attached hydrogens (tertiary/aromatic N) is 1. The van der Waals surface area contributed by atoms with Crippen molar-refractivity contribution >= 4 is 97.1 Å². The van der Waals surface area contributed by atoms with Crippen molar-refractivity contribution in [1.82, 2.24) is 4.98 Å². The van der Waals surface area contributed by atoms with Crippen molar-refractivity contribution in [3.05, 3.63) is 85.3 Å². The van der Waals surface area contributed by atoms with E-state index in [9.17, 15) is 14.0 Å². The van der Waals surface area contributed by atoms with Crippen molar-refractivity contribution in [3.8, 4) is 0 Å². The number of hydrogen-bond donors (Lipinski definition) is 2. The highest BCUT2D eigenvalue weighted by Crippen LogP contribution is 2.65. The summed E-state index contributed by atoms with van der Waals surface area (Å²) in [5.74, 6) is -3.05. The van der Waals surface area contributed by atoms with Gasteiger partial charge in [0.2, 0.25) is 11.9 Å². The summed E-state index contributed by atoms with van der Waals surface area (Å²) in [6.45, 7) is 0. The quantitative estimate of drug-likeness (QED) is 0.225. The average molecular weight is 627 g/mol. The zero-order chi connectivity index (χ0) is 24.8. The minimum Gasteiger partial charge on any atom is -0.326 e. The lowest BCUT2D eigenvalue weighted by atomic mass is 10.1. The molecular weight excluding hydrogens is 614 g/mol. The summed E-state index contributed by atoms with van der Waals surface area (Å²) in [5, 5.41) is 6.22. The number of rotatable bonds is 5. The van der Waals surface area contributed by atoms with Gasteiger partial charge in [0.05, 0.1) is 32.9 Å². The number of benzene rings is 2. The number of carbonyl (C=O) groups excluding carboxylic acids is 2. The van der Waals surface area contributed by atoms with Crippen LogP contribution in [0.15, 0.2) is 53.1 Å². The SMILES string of the molecule is O=C(Nc1cnc(F)c(Br)c1)c1cc(NC(=O)C2C(c3cc(Cl)cc(Cl)c3)C2(Cl)Cl)ccc1Cl. The second-order valence-corrected chi connectivity index (χ2v) is 11.0. The van der Waals surface area contributed by atoms with Gasteiger partial charge in [0.25, 0.3) is 5.91 Å². The van der Waals surface area contributed by atoms with Crippen molar-refractivity contribution in [2.45, 2.75) is 10.3 Å². The van der Waals surface area contributed by atoms with E-state index in [2.05, 4.69) is 31.5 Å². The number of amides is 2. The van der Waals surface area contributed by atoms with E-state index in [0.29, 0.717) is 21.3 Å². The summed E-state index contributed by atoms with van der Waals surface area (Å²) in [6.07, 6.45) is 1.16. The number of halogens is 7. The highest BCUT2D eigenvalue weighted by Gasteiger charge is 2.67. The lowest BCUT2D eigenvalue weighted by Crippen LogP contribution is -2.18. The van der Waals surface area contributed by atoms with Crippen molar-refractivity contribution in [3.63, 3.8) is 0 Å². The van der Waals surface area contributed by atoms with E-state index in [1.54, 1.807) is 18.2 Å². The molecule has 34 heavy (non-hydrogen) atoms. The van der Waals surface area contributed by atoms with Crippen LogP contribution in [0, 0.1) is 11.9 Å². The molecule has 1 fully saturated rings. The van der Waals surface area contributed by atoms with Crippen LogP contribution in [0.4, 0.5) is 15.8 Å². The van der Waals surface area contributed by atoms with E-state index in [1.165, 1.54) is 24.3 Å². The molecule has 2 unspecified atom stereocenters. The van der Waals surface area contributed by atoms with Gasteiger partial charge in [-0.15, -0.1) is 23.2 Å². The van der Waals surface area contributed by atoms with E-state index >= 15 is 0 Å².